The van der Waals surface area contributed by atoms with E-state index in [0.717, 1.165) is 36.8 Å². The molecule has 0 saturated heterocycles. The lowest BCUT2D eigenvalue weighted by Crippen LogP contribution is -2.17. The van der Waals surface area contributed by atoms with E-state index < -0.39 is 0 Å². The molecule has 5 nitrogen and oxygen atoms in total. The van der Waals surface area contributed by atoms with E-state index >= 15 is 0 Å². The molecule has 0 amide bonds. The zero-order valence-corrected chi connectivity index (χ0v) is 8.22. The number of aromatic nitrogens is 4. The van der Waals surface area contributed by atoms with Gasteiger partial charge in [-0.3, -0.25) is 4.98 Å². The number of aryl methyl sites for hydroxylation is 1. The fourth-order valence-corrected chi connectivity index (χ4v) is 1.68. The van der Waals surface area contributed by atoms with Crippen LogP contribution in [-0.4, -0.2) is 26.3 Å². The minimum atomic E-state index is 0.743. The maximum atomic E-state index is 4.42. The monoisotopic (exact) mass is 201 g/mol. The van der Waals surface area contributed by atoms with Gasteiger partial charge in [-0.2, -0.15) is 4.98 Å². The predicted molar refractivity (Wildman–Crippen MR) is 56.4 cm³/mol. The van der Waals surface area contributed by atoms with Crippen molar-refractivity contribution in [2.75, 3.05) is 11.9 Å². The highest BCUT2D eigenvalue weighted by Crippen LogP contribution is 2.18. The number of nitrogens with zero attached hydrogens (tertiary/aromatic N) is 4. The lowest BCUT2D eigenvalue weighted by Gasteiger charge is -2.12. The van der Waals surface area contributed by atoms with Gasteiger partial charge in [0.2, 0.25) is 5.95 Å². The zero-order valence-electron chi connectivity index (χ0n) is 8.22. The number of rotatable bonds is 1. The lowest BCUT2D eigenvalue weighted by atomic mass is 10.3. The van der Waals surface area contributed by atoms with Crippen molar-refractivity contribution >= 4 is 5.95 Å². The highest BCUT2D eigenvalue weighted by Gasteiger charge is 2.13. The fraction of sp³-hybridized carbons (Fsp3) is 0.300. The number of hydrogen-bond donors (Lipinski definition) is 1. The summed E-state index contributed by atoms with van der Waals surface area (Å²) in [6.45, 7) is 1.92. The molecule has 3 rings (SSSR count). The molecule has 0 atom stereocenters. The second-order valence-electron chi connectivity index (χ2n) is 3.50. The molecule has 0 spiro atoms. The second kappa shape index (κ2) is 3.34. The third-order valence-corrected chi connectivity index (χ3v) is 2.42. The number of hydrogen-bond acceptors (Lipinski definition) is 4. The van der Waals surface area contributed by atoms with E-state index in [1.165, 1.54) is 0 Å². The Morgan fingerprint density at radius 2 is 2.40 bits per heavy atom. The van der Waals surface area contributed by atoms with Gasteiger partial charge in [0, 0.05) is 31.0 Å². The topological polar surface area (TPSA) is 55.6 Å². The van der Waals surface area contributed by atoms with Crippen LogP contribution in [0.4, 0.5) is 5.95 Å². The van der Waals surface area contributed by atoms with Gasteiger partial charge >= 0.3 is 0 Å². The van der Waals surface area contributed by atoms with Crippen molar-refractivity contribution in [1.82, 2.24) is 19.7 Å². The van der Waals surface area contributed by atoms with Crippen LogP contribution in [0.1, 0.15) is 6.42 Å². The Balaban J connectivity index is 2.03. The van der Waals surface area contributed by atoms with Crippen molar-refractivity contribution in [2.24, 2.45) is 0 Å². The summed E-state index contributed by atoms with van der Waals surface area (Å²) < 4.78 is 1.91. The SMILES string of the molecule is c1cncc(-c2nc3n(n2)CCCN3)c1. The first-order chi connectivity index (χ1) is 7.43. The molecule has 2 aromatic heterocycles. The van der Waals surface area contributed by atoms with Crippen LogP contribution < -0.4 is 5.32 Å². The van der Waals surface area contributed by atoms with Crippen LogP contribution in [-0.2, 0) is 6.54 Å². The van der Waals surface area contributed by atoms with Crippen molar-refractivity contribution in [3.05, 3.63) is 24.5 Å². The van der Waals surface area contributed by atoms with Gasteiger partial charge in [0.15, 0.2) is 5.82 Å². The molecule has 1 N–H and O–H groups in total. The Morgan fingerprint density at radius 1 is 1.40 bits per heavy atom. The molecule has 0 radical (unpaired) electrons. The fourth-order valence-electron chi connectivity index (χ4n) is 1.68. The largest absolute Gasteiger partial charge is 0.354 e. The standard InChI is InChI=1S/C10H11N5/c1-3-8(7-11-4-1)9-13-10-12-5-2-6-15(10)14-9/h1,3-4,7H,2,5-6H2,(H,12,13,14). The van der Waals surface area contributed by atoms with Crippen LogP contribution in [0.5, 0.6) is 0 Å². The van der Waals surface area contributed by atoms with Crippen LogP contribution in [0.25, 0.3) is 11.4 Å². The summed E-state index contributed by atoms with van der Waals surface area (Å²) >= 11 is 0. The minimum absolute atomic E-state index is 0.743. The average Bonchev–Trinajstić information content (AvgIpc) is 2.74. The van der Waals surface area contributed by atoms with Crippen molar-refractivity contribution in [3.63, 3.8) is 0 Å². The van der Waals surface area contributed by atoms with Gasteiger partial charge in [-0.05, 0) is 18.6 Å². The Labute approximate surface area is 87.2 Å². The van der Waals surface area contributed by atoms with Gasteiger partial charge in [-0.15, -0.1) is 5.10 Å². The second-order valence-corrected chi connectivity index (χ2v) is 3.50. The van der Waals surface area contributed by atoms with E-state index in [0.29, 0.717) is 0 Å². The van der Waals surface area contributed by atoms with E-state index in [4.69, 9.17) is 0 Å². The molecule has 5 heteroatoms. The summed E-state index contributed by atoms with van der Waals surface area (Å²) in [4.78, 5) is 8.48. The van der Waals surface area contributed by atoms with Gasteiger partial charge in [0.1, 0.15) is 0 Å². The molecule has 0 bridgehead atoms. The van der Waals surface area contributed by atoms with Gasteiger partial charge in [-0.25, -0.2) is 4.68 Å². The van der Waals surface area contributed by atoms with E-state index in [1.807, 2.05) is 16.8 Å². The third kappa shape index (κ3) is 1.45. The molecule has 0 fully saturated rings. The molecule has 76 valence electrons. The van der Waals surface area contributed by atoms with Gasteiger partial charge in [0.05, 0.1) is 0 Å². The molecule has 15 heavy (non-hydrogen) atoms. The van der Waals surface area contributed by atoms with Crippen LogP contribution in [0.2, 0.25) is 0 Å². The van der Waals surface area contributed by atoms with Gasteiger partial charge < -0.3 is 5.32 Å². The first kappa shape index (κ1) is 8.40. The van der Waals surface area contributed by atoms with E-state index in [2.05, 4.69) is 20.4 Å². The van der Waals surface area contributed by atoms with Crippen molar-refractivity contribution in [2.45, 2.75) is 13.0 Å². The molecular weight excluding hydrogens is 190 g/mol. The summed E-state index contributed by atoms with van der Waals surface area (Å²) in [5.41, 5.74) is 0.959. The average molecular weight is 201 g/mol. The molecule has 3 heterocycles. The number of anilines is 1. The van der Waals surface area contributed by atoms with Crippen LogP contribution in [0.15, 0.2) is 24.5 Å². The third-order valence-electron chi connectivity index (χ3n) is 2.42. The molecule has 2 aromatic rings. The van der Waals surface area contributed by atoms with E-state index in [1.54, 1.807) is 12.4 Å². The summed E-state index contributed by atoms with van der Waals surface area (Å²) in [6, 6.07) is 3.86. The summed E-state index contributed by atoms with van der Waals surface area (Å²) in [6.07, 6.45) is 4.63. The summed E-state index contributed by atoms with van der Waals surface area (Å²) in [5.74, 6) is 1.60. The maximum absolute atomic E-state index is 4.42. The van der Waals surface area contributed by atoms with Crippen LogP contribution in [0.3, 0.4) is 0 Å². The van der Waals surface area contributed by atoms with Crippen LogP contribution in [0, 0.1) is 0 Å². The van der Waals surface area contributed by atoms with Gasteiger partial charge in [-0.1, -0.05) is 0 Å². The van der Waals surface area contributed by atoms with Crippen LogP contribution >= 0.6 is 0 Å². The molecule has 0 aromatic carbocycles. The lowest BCUT2D eigenvalue weighted by molar-refractivity contribution is 0.566. The Kier molecular flexibility index (Phi) is 1.87. The van der Waals surface area contributed by atoms with Gasteiger partial charge in [0.25, 0.3) is 0 Å². The Bertz CT molecular complexity index is 438. The Hall–Kier alpha value is -1.91. The van der Waals surface area contributed by atoms with Crippen molar-refractivity contribution < 1.29 is 0 Å². The smallest absolute Gasteiger partial charge is 0.221 e. The molecular formula is C10H11N5. The number of fused-ring (bicyclic) bond motifs is 1. The predicted octanol–water partition coefficient (Wildman–Crippen LogP) is 1.16. The maximum Gasteiger partial charge on any atom is 0.221 e. The molecule has 0 unspecified atom stereocenters. The van der Waals surface area contributed by atoms with E-state index in [-0.39, 0.29) is 0 Å². The first-order valence-electron chi connectivity index (χ1n) is 5.02. The molecule has 0 saturated carbocycles. The van der Waals surface area contributed by atoms with Crippen molar-refractivity contribution in [1.29, 1.82) is 0 Å². The number of pyridine rings is 1. The Morgan fingerprint density at radius 3 is 3.20 bits per heavy atom. The normalized spacial score (nSPS) is 14.4. The molecule has 0 aliphatic carbocycles. The van der Waals surface area contributed by atoms with E-state index in [9.17, 15) is 0 Å². The molecule has 1 aliphatic heterocycles. The highest BCUT2D eigenvalue weighted by atomic mass is 15.4. The van der Waals surface area contributed by atoms with Crippen molar-refractivity contribution in [3.8, 4) is 11.4 Å². The number of nitrogens with one attached hydrogen (secondary N) is 1. The zero-order chi connectivity index (χ0) is 10.1. The quantitative estimate of drug-likeness (QED) is 0.752. The summed E-state index contributed by atoms with van der Waals surface area (Å²) in [5, 5.41) is 7.65. The minimum Gasteiger partial charge on any atom is -0.354 e. The highest BCUT2D eigenvalue weighted by molar-refractivity contribution is 5.54. The first-order valence-corrected chi connectivity index (χ1v) is 5.02. The molecule has 1 aliphatic rings. The summed E-state index contributed by atoms with van der Waals surface area (Å²) in [7, 11) is 0.